The Morgan fingerprint density at radius 1 is 1.22 bits per heavy atom. The van der Waals surface area contributed by atoms with Gasteiger partial charge in [0.15, 0.2) is 0 Å². The summed E-state index contributed by atoms with van der Waals surface area (Å²) in [5.74, 6) is 1.04. The molecule has 1 aliphatic carbocycles. The van der Waals surface area contributed by atoms with Crippen LogP contribution in [-0.4, -0.2) is 12.6 Å². The Morgan fingerprint density at radius 2 is 2.06 bits per heavy atom. The Bertz CT molecular complexity index is 345. The molecule has 0 radical (unpaired) electrons. The van der Waals surface area contributed by atoms with E-state index in [9.17, 15) is 0 Å². The Balaban J connectivity index is 1.85. The van der Waals surface area contributed by atoms with Gasteiger partial charge in [-0.05, 0) is 56.3 Å². The Morgan fingerprint density at radius 3 is 2.83 bits per heavy atom. The number of rotatable bonds is 6. The second-order valence-corrected chi connectivity index (χ2v) is 5.20. The molecule has 1 aromatic carbocycles. The number of ether oxygens (including phenoxy) is 1. The molecule has 0 saturated heterocycles. The third-order valence-electron chi connectivity index (χ3n) is 3.51. The summed E-state index contributed by atoms with van der Waals surface area (Å²) < 4.78 is 6.07. The van der Waals surface area contributed by atoms with Crippen LogP contribution in [0.25, 0.3) is 0 Å². The van der Waals surface area contributed by atoms with E-state index in [4.69, 9.17) is 4.74 Å². The fourth-order valence-corrected chi connectivity index (χ4v) is 2.51. The van der Waals surface area contributed by atoms with Gasteiger partial charge < -0.3 is 10.1 Å². The van der Waals surface area contributed by atoms with Gasteiger partial charge in [-0.1, -0.05) is 25.5 Å². The third-order valence-corrected chi connectivity index (χ3v) is 3.51. The van der Waals surface area contributed by atoms with Gasteiger partial charge in [-0.15, -0.1) is 0 Å². The van der Waals surface area contributed by atoms with Crippen LogP contribution in [0.2, 0.25) is 0 Å². The average Bonchev–Trinajstić information content (AvgIpc) is 2.41. The van der Waals surface area contributed by atoms with Crippen LogP contribution in [0.1, 0.15) is 51.0 Å². The van der Waals surface area contributed by atoms with Crippen LogP contribution < -0.4 is 10.1 Å². The van der Waals surface area contributed by atoms with E-state index in [0.717, 1.165) is 18.8 Å². The van der Waals surface area contributed by atoms with E-state index in [1.807, 2.05) is 0 Å². The van der Waals surface area contributed by atoms with Gasteiger partial charge in [-0.3, -0.25) is 0 Å². The second-order valence-electron chi connectivity index (χ2n) is 5.20. The highest BCUT2D eigenvalue weighted by atomic mass is 16.5. The molecule has 0 atom stereocenters. The molecule has 100 valence electrons. The molecule has 1 aliphatic rings. The molecule has 0 spiro atoms. The lowest BCUT2D eigenvalue weighted by Crippen LogP contribution is -2.19. The fourth-order valence-electron chi connectivity index (χ4n) is 2.51. The van der Waals surface area contributed by atoms with E-state index in [1.54, 1.807) is 0 Å². The predicted octanol–water partition coefficient (Wildman–Crippen LogP) is 3.90. The van der Waals surface area contributed by atoms with Crippen LogP contribution in [0.3, 0.4) is 0 Å². The van der Waals surface area contributed by atoms with Crippen molar-refractivity contribution in [2.45, 2.75) is 58.1 Å². The van der Waals surface area contributed by atoms with Crippen molar-refractivity contribution in [3.63, 3.8) is 0 Å². The van der Waals surface area contributed by atoms with Crippen LogP contribution in [0.4, 0.5) is 0 Å². The molecule has 0 aromatic heterocycles. The molecule has 1 saturated carbocycles. The minimum atomic E-state index is 0.442. The first kappa shape index (κ1) is 13.4. The number of nitrogens with one attached hydrogen (secondary N) is 1. The molecule has 2 heteroatoms. The van der Waals surface area contributed by atoms with Gasteiger partial charge in [0.25, 0.3) is 0 Å². The number of hydrogen-bond acceptors (Lipinski definition) is 2. The van der Waals surface area contributed by atoms with Gasteiger partial charge in [0.05, 0.1) is 6.10 Å². The topological polar surface area (TPSA) is 21.3 Å². The normalized spacial score (nSPS) is 16.7. The Labute approximate surface area is 111 Å². The van der Waals surface area contributed by atoms with E-state index in [-0.39, 0.29) is 0 Å². The lowest BCUT2D eigenvalue weighted by atomic mass is 9.98. The molecule has 2 rings (SSSR count). The SMILES string of the molecule is CCCNCc1cccc(OC2CCCCC2)c1. The van der Waals surface area contributed by atoms with Gasteiger partial charge in [0.2, 0.25) is 0 Å². The summed E-state index contributed by atoms with van der Waals surface area (Å²) in [6, 6.07) is 8.52. The summed E-state index contributed by atoms with van der Waals surface area (Å²) in [7, 11) is 0. The molecule has 1 aromatic rings. The summed E-state index contributed by atoms with van der Waals surface area (Å²) in [5.41, 5.74) is 1.32. The fraction of sp³-hybridized carbons (Fsp3) is 0.625. The molecule has 1 fully saturated rings. The van der Waals surface area contributed by atoms with Crippen LogP contribution >= 0.6 is 0 Å². The van der Waals surface area contributed by atoms with Gasteiger partial charge in [0, 0.05) is 6.54 Å². The molecular weight excluding hydrogens is 222 g/mol. The maximum atomic E-state index is 6.07. The van der Waals surface area contributed by atoms with Crippen molar-refractivity contribution in [1.29, 1.82) is 0 Å². The summed E-state index contributed by atoms with van der Waals surface area (Å²) in [4.78, 5) is 0. The second kappa shape index (κ2) is 7.42. The minimum absolute atomic E-state index is 0.442. The van der Waals surface area contributed by atoms with Crippen LogP contribution in [-0.2, 0) is 6.54 Å². The maximum absolute atomic E-state index is 6.07. The van der Waals surface area contributed by atoms with Crippen LogP contribution in [0, 0.1) is 0 Å². The van der Waals surface area contributed by atoms with E-state index in [0.29, 0.717) is 6.10 Å². The largest absolute Gasteiger partial charge is 0.490 e. The van der Waals surface area contributed by atoms with Gasteiger partial charge >= 0.3 is 0 Å². The zero-order valence-electron chi connectivity index (χ0n) is 11.5. The molecule has 0 aliphatic heterocycles. The first-order valence-electron chi connectivity index (χ1n) is 7.35. The van der Waals surface area contributed by atoms with Crippen molar-refractivity contribution < 1.29 is 4.74 Å². The first-order valence-corrected chi connectivity index (χ1v) is 7.35. The molecule has 0 unspecified atom stereocenters. The van der Waals surface area contributed by atoms with Gasteiger partial charge in [0.1, 0.15) is 5.75 Å². The van der Waals surface area contributed by atoms with Crippen molar-refractivity contribution in [2.24, 2.45) is 0 Å². The number of benzene rings is 1. The molecular formula is C16H25NO. The van der Waals surface area contributed by atoms with Crippen LogP contribution in [0.5, 0.6) is 5.75 Å². The Hall–Kier alpha value is -1.02. The molecule has 2 nitrogen and oxygen atoms in total. The van der Waals surface area contributed by atoms with Gasteiger partial charge in [-0.25, -0.2) is 0 Å². The maximum Gasteiger partial charge on any atom is 0.120 e. The highest BCUT2D eigenvalue weighted by Gasteiger charge is 2.14. The van der Waals surface area contributed by atoms with Gasteiger partial charge in [-0.2, -0.15) is 0 Å². The quantitative estimate of drug-likeness (QED) is 0.770. The smallest absolute Gasteiger partial charge is 0.120 e. The monoisotopic (exact) mass is 247 g/mol. The lowest BCUT2D eigenvalue weighted by molar-refractivity contribution is 0.155. The molecule has 0 bridgehead atoms. The molecule has 1 N–H and O–H groups in total. The third kappa shape index (κ3) is 4.34. The lowest BCUT2D eigenvalue weighted by Gasteiger charge is -2.23. The van der Waals surface area contributed by atoms with E-state index < -0.39 is 0 Å². The van der Waals surface area contributed by atoms with E-state index in [1.165, 1.54) is 44.1 Å². The first-order chi connectivity index (χ1) is 8.88. The summed E-state index contributed by atoms with van der Waals surface area (Å²) in [5, 5.41) is 3.43. The standard InChI is InChI=1S/C16H25NO/c1-2-11-17-13-14-7-6-10-16(12-14)18-15-8-4-3-5-9-15/h6-7,10,12,15,17H,2-5,8-9,11,13H2,1H3. The number of hydrogen-bond donors (Lipinski definition) is 1. The van der Waals surface area contributed by atoms with Crippen LogP contribution in [0.15, 0.2) is 24.3 Å². The van der Waals surface area contributed by atoms with E-state index >= 15 is 0 Å². The zero-order valence-corrected chi connectivity index (χ0v) is 11.5. The molecule has 0 heterocycles. The van der Waals surface area contributed by atoms with Crippen molar-refractivity contribution in [1.82, 2.24) is 5.32 Å². The highest BCUT2D eigenvalue weighted by Crippen LogP contribution is 2.23. The highest BCUT2D eigenvalue weighted by molar-refractivity contribution is 5.28. The summed E-state index contributed by atoms with van der Waals surface area (Å²) in [6.45, 7) is 4.21. The average molecular weight is 247 g/mol. The van der Waals surface area contributed by atoms with Crippen molar-refractivity contribution in [2.75, 3.05) is 6.54 Å². The molecule has 0 amide bonds. The molecule has 18 heavy (non-hydrogen) atoms. The summed E-state index contributed by atoms with van der Waals surface area (Å²) in [6.07, 6.45) is 8.08. The Kier molecular flexibility index (Phi) is 5.53. The van der Waals surface area contributed by atoms with E-state index in [2.05, 4.69) is 36.5 Å². The predicted molar refractivity (Wildman–Crippen MR) is 75.9 cm³/mol. The summed E-state index contributed by atoms with van der Waals surface area (Å²) >= 11 is 0. The zero-order chi connectivity index (χ0) is 12.6. The van der Waals surface area contributed by atoms with Crippen molar-refractivity contribution in [3.8, 4) is 5.75 Å². The van der Waals surface area contributed by atoms with Crippen molar-refractivity contribution >= 4 is 0 Å². The van der Waals surface area contributed by atoms with Crippen molar-refractivity contribution in [3.05, 3.63) is 29.8 Å². The minimum Gasteiger partial charge on any atom is -0.490 e.